The molecule has 0 aliphatic carbocycles. The van der Waals surface area contributed by atoms with Crippen LogP contribution in [0.4, 0.5) is 0 Å². The molecule has 0 spiro atoms. The van der Waals surface area contributed by atoms with E-state index in [1.807, 2.05) is 6.92 Å². The maximum atomic E-state index is 9.89. The minimum absolute atomic E-state index is 0.0188. The van der Waals surface area contributed by atoms with E-state index < -0.39 is 0 Å². The topological polar surface area (TPSA) is 71.0 Å². The molecule has 0 heterocycles. The van der Waals surface area contributed by atoms with Gasteiger partial charge in [-0.1, -0.05) is 6.07 Å². The van der Waals surface area contributed by atoms with Gasteiger partial charge in [-0.05, 0) is 13.0 Å². The fourth-order valence-corrected chi connectivity index (χ4v) is 1.81. The van der Waals surface area contributed by atoms with Crippen molar-refractivity contribution in [3.05, 3.63) is 23.8 Å². The lowest BCUT2D eigenvalue weighted by Gasteiger charge is -2.22. The van der Waals surface area contributed by atoms with Crippen molar-refractivity contribution >= 4 is 0 Å². The number of phenolic OH excluding ortho intramolecular Hbond substituents is 1. The summed E-state index contributed by atoms with van der Waals surface area (Å²) in [5, 5.41) is 22.3. The molecular formula is C13H21NO4. The predicted molar refractivity (Wildman–Crippen MR) is 69.0 cm³/mol. The van der Waals surface area contributed by atoms with Gasteiger partial charge in [-0.15, -0.1) is 0 Å². The highest BCUT2D eigenvalue weighted by molar-refractivity contribution is 5.41. The van der Waals surface area contributed by atoms with Gasteiger partial charge < -0.3 is 25.0 Å². The molecule has 1 aromatic rings. The van der Waals surface area contributed by atoms with Gasteiger partial charge in [0.2, 0.25) is 0 Å². The predicted octanol–water partition coefficient (Wildman–Crippen LogP) is 1.06. The molecular weight excluding hydrogens is 234 g/mol. The van der Waals surface area contributed by atoms with Crippen LogP contribution in [0, 0.1) is 0 Å². The summed E-state index contributed by atoms with van der Waals surface area (Å²) in [4.78, 5) is 0. The van der Waals surface area contributed by atoms with E-state index in [-0.39, 0.29) is 24.4 Å². The quantitative estimate of drug-likeness (QED) is 0.679. The Morgan fingerprint density at radius 2 is 2.06 bits per heavy atom. The first-order valence-corrected chi connectivity index (χ1v) is 5.85. The van der Waals surface area contributed by atoms with E-state index >= 15 is 0 Å². The van der Waals surface area contributed by atoms with Crippen LogP contribution in [0.1, 0.15) is 18.5 Å². The molecule has 2 unspecified atom stereocenters. The first-order chi connectivity index (χ1) is 8.62. The van der Waals surface area contributed by atoms with E-state index in [2.05, 4.69) is 5.32 Å². The lowest BCUT2D eigenvalue weighted by atomic mass is 10.1. The molecule has 2 atom stereocenters. The third-order valence-corrected chi connectivity index (χ3v) is 2.78. The average Bonchev–Trinajstić information content (AvgIpc) is 2.37. The second kappa shape index (κ2) is 7.20. The molecule has 0 fully saturated rings. The van der Waals surface area contributed by atoms with Gasteiger partial charge in [0.15, 0.2) is 0 Å². The molecule has 3 N–H and O–H groups in total. The van der Waals surface area contributed by atoms with Gasteiger partial charge in [0.25, 0.3) is 0 Å². The van der Waals surface area contributed by atoms with Crippen LogP contribution < -0.4 is 10.1 Å². The highest BCUT2D eigenvalue weighted by Gasteiger charge is 2.15. The Balaban J connectivity index is 2.74. The fraction of sp³-hybridized carbons (Fsp3) is 0.538. The zero-order chi connectivity index (χ0) is 13.5. The lowest BCUT2D eigenvalue weighted by molar-refractivity contribution is 0.123. The molecule has 5 heteroatoms. The first-order valence-electron chi connectivity index (χ1n) is 5.85. The van der Waals surface area contributed by atoms with Gasteiger partial charge in [0, 0.05) is 24.8 Å². The molecule has 0 saturated heterocycles. The van der Waals surface area contributed by atoms with Gasteiger partial charge in [-0.2, -0.15) is 0 Å². The van der Waals surface area contributed by atoms with Gasteiger partial charge in [0.05, 0.1) is 26.4 Å². The van der Waals surface area contributed by atoms with E-state index in [9.17, 15) is 10.2 Å². The number of rotatable bonds is 7. The van der Waals surface area contributed by atoms with E-state index in [0.29, 0.717) is 12.4 Å². The van der Waals surface area contributed by atoms with E-state index in [1.165, 1.54) is 0 Å². The van der Waals surface area contributed by atoms with Crippen molar-refractivity contribution in [2.75, 3.05) is 27.4 Å². The van der Waals surface area contributed by atoms with E-state index in [1.54, 1.807) is 32.4 Å². The Labute approximate surface area is 107 Å². The molecule has 5 nitrogen and oxygen atoms in total. The Hall–Kier alpha value is -1.30. The van der Waals surface area contributed by atoms with Gasteiger partial charge in [0.1, 0.15) is 11.5 Å². The van der Waals surface area contributed by atoms with Crippen molar-refractivity contribution in [3.63, 3.8) is 0 Å². The molecule has 0 radical (unpaired) electrons. The molecule has 0 amide bonds. The lowest BCUT2D eigenvalue weighted by Crippen LogP contribution is -2.38. The fourth-order valence-electron chi connectivity index (χ4n) is 1.81. The van der Waals surface area contributed by atoms with E-state index in [4.69, 9.17) is 9.47 Å². The number of hydrogen-bond donors (Lipinski definition) is 3. The number of nitrogens with one attached hydrogen (secondary N) is 1. The van der Waals surface area contributed by atoms with Crippen molar-refractivity contribution in [2.24, 2.45) is 0 Å². The van der Waals surface area contributed by atoms with Crippen LogP contribution in [0.3, 0.4) is 0 Å². The molecule has 0 saturated carbocycles. The van der Waals surface area contributed by atoms with Crippen LogP contribution in [0.15, 0.2) is 18.2 Å². The Kier molecular flexibility index (Phi) is 5.91. The average molecular weight is 255 g/mol. The maximum Gasteiger partial charge on any atom is 0.124 e. The standard InChI is InChI=1S/C13H21NO4/c1-9(14-10(7-15)8-17-2)12-5-4-11(18-3)6-13(12)16/h4-6,9-10,14-16H,7-8H2,1-3H3. The summed E-state index contributed by atoms with van der Waals surface area (Å²) in [7, 11) is 3.14. The summed E-state index contributed by atoms with van der Waals surface area (Å²) < 4.78 is 10.0. The first kappa shape index (κ1) is 14.8. The summed E-state index contributed by atoms with van der Waals surface area (Å²) in [5.74, 6) is 0.780. The van der Waals surface area contributed by atoms with Crippen molar-refractivity contribution in [1.82, 2.24) is 5.32 Å². The summed E-state index contributed by atoms with van der Waals surface area (Å²) >= 11 is 0. The zero-order valence-corrected chi connectivity index (χ0v) is 11.0. The summed E-state index contributed by atoms with van der Waals surface area (Å²) in [6.45, 7) is 2.31. The minimum Gasteiger partial charge on any atom is -0.507 e. The molecule has 18 heavy (non-hydrogen) atoms. The third kappa shape index (κ3) is 3.87. The van der Waals surface area contributed by atoms with Gasteiger partial charge >= 0.3 is 0 Å². The molecule has 0 aliphatic rings. The smallest absolute Gasteiger partial charge is 0.124 e. The molecule has 0 aliphatic heterocycles. The largest absolute Gasteiger partial charge is 0.507 e. The van der Waals surface area contributed by atoms with Crippen molar-refractivity contribution in [1.29, 1.82) is 0 Å². The monoisotopic (exact) mass is 255 g/mol. The Morgan fingerprint density at radius 1 is 1.33 bits per heavy atom. The molecule has 1 aromatic carbocycles. The second-order valence-electron chi connectivity index (χ2n) is 4.15. The zero-order valence-electron chi connectivity index (χ0n) is 11.0. The number of hydrogen-bond acceptors (Lipinski definition) is 5. The Morgan fingerprint density at radius 3 is 2.56 bits per heavy atom. The van der Waals surface area contributed by atoms with Crippen molar-refractivity contribution in [2.45, 2.75) is 19.0 Å². The normalized spacial score (nSPS) is 14.2. The highest BCUT2D eigenvalue weighted by Crippen LogP contribution is 2.28. The number of methoxy groups -OCH3 is 2. The van der Waals surface area contributed by atoms with Crippen LogP contribution in [0.25, 0.3) is 0 Å². The van der Waals surface area contributed by atoms with E-state index in [0.717, 1.165) is 5.56 Å². The molecule has 102 valence electrons. The van der Waals surface area contributed by atoms with Crippen molar-refractivity contribution < 1.29 is 19.7 Å². The second-order valence-corrected chi connectivity index (χ2v) is 4.15. The minimum atomic E-state index is -0.161. The van der Waals surface area contributed by atoms with Gasteiger partial charge in [-0.3, -0.25) is 0 Å². The van der Waals surface area contributed by atoms with Crippen molar-refractivity contribution in [3.8, 4) is 11.5 Å². The van der Waals surface area contributed by atoms with Crippen LogP contribution in [-0.4, -0.2) is 43.7 Å². The van der Waals surface area contributed by atoms with Crippen LogP contribution in [0.5, 0.6) is 11.5 Å². The molecule has 0 aromatic heterocycles. The number of aliphatic hydroxyl groups is 1. The SMILES string of the molecule is COCC(CO)NC(C)c1ccc(OC)cc1O. The van der Waals surface area contributed by atoms with Crippen LogP contribution in [0.2, 0.25) is 0 Å². The van der Waals surface area contributed by atoms with Crippen LogP contribution in [-0.2, 0) is 4.74 Å². The number of benzene rings is 1. The highest BCUT2D eigenvalue weighted by atomic mass is 16.5. The third-order valence-electron chi connectivity index (χ3n) is 2.78. The van der Waals surface area contributed by atoms with Gasteiger partial charge in [-0.25, -0.2) is 0 Å². The summed E-state index contributed by atoms with van der Waals surface area (Å²) in [6, 6.07) is 4.90. The summed E-state index contributed by atoms with van der Waals surface area (Å²) in [5.41, 5.74) is 0.755. The Bertz CT molecular complexity index is 370. The molecule has 0 bridgehead atoms. The maximum absolute atomic E-state index is 9.89. The summed E-state index contributed by atoms with van der Waals surface area (Å²) in [6.07, 6.45) is 0. The number of phenols is 1. The number of ether oxygens (including phenoxy) is 2. The number of aromatic hydroxyl groups is 1. The molecule has 1 rings (SSSR count). The number of aliphatic hydroxyl groups excluding tert-OH is 1. The van der Waals surface area contributed by atoms with Crippen LogP contribution >= 0.6 is 0 Å².